The van der Waals surface area contributed by atoms with E-state index >= 15 is 0 Å². The standard InChI is InChI=1S/C12H16N4O.C12H16N2O3/c13-11(9-5-2-1-3-6-9)17-12(14)10-7-4-8-15-16-10;1-13-10-5-4-9(17-7-6-16-3)8-11(10)14(2)12(13)15/h4,7-9,13-14H,1-3,5-6H2;4-5,8H,6-7H2,1-3H3. The number of fused-ring (bicyclic) bond motifs is 1. The number of hydrogen-bond donors (Lipinski definition) is 2. The lowest BCUT2D eigenvalue weighted by atomic mass is 9.89. The summed E-state index contributed by atoms with van der Waals surface area (Å²) in [5, 5.41) is 23.0. The van der Waals surface area contributed by atoms with Gasteiger partial charge in [0.1, 0.15) is 18.1 Å². The lowest BCUT2D eigenvalue weighted by molar-refractivity contribution is 0.146. The molecule has 0 saturated heterocycles. The van der Waals surface area contributed by atoms with Crippen molar-refractivity contribution in [1.82, 2.24) is 19.3 Å². The molecule has 3 aromatic rings. The Kier molecular flexibility index (Phi) is 8.92. The van der Waals surface area contributed by atoms with Crippen molar-refractivity contribution < 1.29 is 14.2 Å². The smallest absolute Gasteiger partial charge is 0.328 e. The maximum atomic E-state index is 11.7. The molecule has 0 atom stereocenters. The predicted octanol–water partition coefficient (Wildman–Crippen LogP) is 3.28. The summed E-state index contributed by atoms with van der Waals surface area (Å²) in [4.78, 5) is 11.7. The Bertz CT molecular complexity index is 1170. The lowest BCUT2D eigenvalue weighted by Crippen LogP contribution is -2.23. The summed E-state index contributed by atoms with van der Waals surface area (Å²) in [6, 6.07) is 8.97. The second-order valence-corrected chi connectivity index (χ2v) is 8.13. The minimum atomic E-state index is -0.0892. The van der Waals surface area contributed by atoms with Gasteiger partial charge in [-0.15, -0.1) is 5.10 Å². The third-order valence-electron chi connectivity index (χ3n) is 5.79. The number of nitrogens with one attached hydrogen (secondary N) is 2. The van der Waals surface area contributed by atoms with Crippen LogP contribution in [0.3, 0.4) is 0 Å². The van der Waals surface area contributed by atoms with E-state index in [1.165, 1.54) is 6.42 Å². The number of aryl methyl sites for hydroxylation is 2. The molecular weight excluding hydrogens is 436 g/mol. The fourth-order valence-corrected chi connectivity index (χ4v) is 3.85. The van der Waals surface area contributed by atoms with E-state index in [4.69, 9.17) is 25.0 Å². The summed E-state index contributed by atoms with van der Waals surface area (Å²) >= 11 is 0. The highest BCUT2D eigenvalue weighted by atomic mass is 16.5. The van der Waals surface area contributed by atoms with Gasteiger partial charge in [-0.25, -0.2) is 4.79 Å². The highest BCUT2D eigenvalue weighted by molar-refractivity contribution is 5.98. The van der Waals surface area contributed by atoms with E-state index in [2.05, 4.69) is 10.2 Å². The first kappa shape index (κ1) is 25.1. The molecular formula is C24H32N6O4. The molecule has 2 heterocycles. The van der Waals surface area contributed by atoms with Gasteiger partial charge in [-0.1, -0.05) is 19.3 Å². The SMILES string of the molecule is COCCOc1ccc2c(c1)n(C)c(=O)n2C.N=C(OC(=N)C1CCCCC1)c1cccnn1. The molecule has 2 N–H and O–H groups in total. The van der Waals surface area contributed by atoms with Gasteiger partial charge in [0.2, 0.25) is 5.90 Å². The molecule has 1 aliphatic carbocycles. The average molecular weight is 469 g/mol. The molecule has 1 aromatic carbocycles. The summed E-state index contributed by atoms with van der Waals surface area (Å²) < 4.78 is 18.9. The van der Waals surface area contributed by atoms with Gasteiger partial charge in [0.05, 0.1) is 17.6 Å². The van der Waals surface area contributed by atoms with Gasteiger partial charge in [0.25, 0.3) is 0 Å². The van der Waals surface area contributed by atoms with Crippen LogP contribution in [0.15, 0.2) is 41.3 Å². The zero-order valence-corrected chi connectivity index (χ0v) is 19.9. The Morgan fingerprint density at radius 3 is 2.47 bits per heavy atom. The lowest BCUT2D eigenvalue weighted by Gasteiger charge is -2.21. The van der Waals surface area contributed by atoms with Crippen LogP contribution in [-0.4, -0.2) is 51.5 Å². The van der Waals surface area contributed by atoms with Crippen molar-refractivity contribution in [1.29, 1.82) is 10.8 Å². The number of imidazole rings is 1. The first-order valence-corrected chi connectivity index (χ1v) is 11.3. The summed E-state index contributed by atoms with van der Waals surface area (Å²) in [7, 11) is 5.15. The van der Waals surface area contributed by atoms with Crippen LogP contribution in [0.5, 0.6) is 5.75 Å². The van der Waals surface area contributed by atoms with Gasteiger partial charge in [-0.3, -0.25) is 20.0 Å². The van der Waals surface area contributed by atoms with Gasteiger partial charge < -0.3 is 14.2 Å². The molecule has 182 valence electrons. The number of hydrogen-bond acceptors (Lipinski definition) is 8. The van der Waals surface area contributed by atoms with Crippen LogP contribution in [0, 0.1) is 16.7 Å². The average Bonchev–Trinajstić information content (AvgIpc) is 3.09. The highest BCUT2D eigenvalue weighted by Crippen LogP contribution is 2.25. The Morgan fingerprint density at radius 2 is 1.79 bits per heavy atom. The monoisotopic (exact) mass is 468 g/mol. The van der Waals surface area contributed by atoms with Crippen LogP contribution < -0.4 is 10.4 Å². The summed E-state index contributed by atoms with van der Waals surface area (Å²) in [6.45, 7) is 1.05. The predicted molar refractivity (Wildman–Crippen MR) is 130 cm³/mol. The number of nitrogens with zero attached hydrogens (tertiary/aromatic N) is 4. The van der Waals surface area contributed by atoms with E-state index in [-0.39, 0.29) is 23.4 Å². The molecule has 1 fully saturated rings. The van der Waals surface area contributed by atoms with Crippen LogP contribution in [0.4, 0.5) is 0 Å². The molecule has 1 saturated carbocycles. The van der Waals surface area contributed by atoms with E-state index in [9.17, 15) is 4.79 Å². The third kappa shape index (κ3) is 6.28. The molecule has 0 bridgehead atoms. The van der Waals surface area contributed by atoms with Crippen molar-refractivity contribution in [3.05, 3.63) is 52.7 Å². The highest BCUT2D eigenvalue weighted by Gasteiger charge is 2.21. The summed E-state index contributed by atoms with van der Waals surface area (Å²) in [6.07, 6.45) is 7.07. The topological polar surface area (TPSA) is 128 Å². The minimum Gasteiger partial charge on any atom is -0.491 e. The largest absolute Gasteiger partial charge is 0.491 e. The Hall–Kier alpha value is -3.53. The van der Waals surface area contributed by atoms with E-state index < -0.39 is 0 Å². The van der Waals surface area contributed by atoms with Crippen LogP contribution >= 0.6 is 0 Å². The summed E-state index contributed by atoms with van der Waals surface area (Å²) in [5.41, 5.74) is 2.10. The zero-order valence-electron chi connectivity index (χ0n) is 19.9. The molecule has 10 heteroatoms. The molecule has 0 unspecified atom stereocenters. The molecule has 1 aliphatic rings. The van der Waals surface area contributed by atoms with Crippen LogP contribution in [0.25, 0.3) is 11.0 Å². The Balaban J connectivity index is 0.000000191. The van der Waals surface area contributed by atoms with E-state index in [1.807, 2.05) is 18.2 Å². The quantitative estimate of drug-likeness (QED) is 0.325. The maximum absolute atomic E-state index is 11.7. The van der Waals surface area contributed by atoms with Gasteiger partial charge in [0.15, 0.2) is 5.90 Å². The molecule has 0 radical (unpaired) electrons. The van der Waals surface area contributed by atoms with E-state index in [1.54, 1.807) is 48.7 Å². The molecule has 0 aliphatic heterocycles. The van der Waals surface area contributed by atoms with Crippen LogP contribution in [0.2, 0.25) is 0 Å². The van der Waals surface area contributed by atoms with Gasteiger partial charge in [0, 0.05) is 39.4 Å². The van der Waals surface area contributed by atoms with Gasteiger partial charge >= 0.3 is 5.69 Å². The molecule has 34 heavy (non-hydrogen) atoms. The normalized spacial score (nSPS) is 13.7. The van der Waals surface area contributed by atoms with Crippen molar-refractivity contribution in [3.63, 3.8) is 0 Å². The summed E-state index contributed by atoms with van der Waals surface area (Å²) in [5.74, 6) is 1.02. The molecule has 10 nitrogen and oxygen atoms in total. The fourth-order valence-electron chi connectivity index (χ4n) is 3.85. The number of rotatable bonds is 6. The van der Waals surface area contributed by atoms with Gasteiger partial charge in [-0.05, 0) is 37.1 Å². The zero-order chi connectivity index (χ0) is 24.5. The van der Waals surface area contributed by atoms with E-state index in [0.29, 0.717) is 18.9 Å². The van der Waals surface area contributed by atoms with Gasteiger partial charge in [-0.2, -0.15) is 5.10 Å². The first-order valence-electron chi connectivity index (χ1n) is 11.3. The molecule has 2 aromatic heterocycles. The van der Waals surface area contributed by atoms with Crippen molar-refractivity contribution >= 4 is 22.8 Å². The third-order valence-corrected chi connectivity index (χ3v) is 5.79. The van der Waals surface area contributed by atoms with E-state index in [0.717, 1.165) is 42.5 Å². The Labute approximate surface area is 198 Å². The van der Waals surface area contributed by atoms with Crippen LogP contribution in [-0.2, 0) is 23.6 Å². The Morgan fingerprint density at radius 1 is 1.06 bits per heavy atom. The fraction of sp³-hybridized carbons (Fsp3) is 0.458. The second-order valence-electron chi connectivity index (χ2n) is 8.13. The van der Waals surface area contributed by atoms with Crippen LogP contribution in [0.1, 0.15) is 37.8 Å². The minimum absolute atomic E-state index is 0.0333. The molecule has 0 spiro atoms. The van der Waals surface area contributed by atoms with Crippen molar-refractivity contribution in [2.45, 2.75) is 32.1 Å². The number of benzene rings is 1. The first-order chi connectivity index (χ1) is 16.4. The number of ether oxygens (including phenoxy) is 3. The molecule has 4 rings (SSSR count). The maximum Gasteiger partial charge on any atom is 0.328 e. The number of aromatic nitrogens is 4. The number of methoxy groups -OCH3 is 1. The van der Waals surface area contributed by atoms with Crippen molar-refractivity contribution in [2.75, 3.05) is 20.3 Å². The molecule has 0 amide bonds. The van der Waals surface area contributed by atoms with Crippen molar-refractivity contribution in [3.8, 4) is 5.75 Å². The second kappa shape index (κ2) is 12.1. The van der Waals surface area contributed by atoms with Crippen molar-refractivity contribution in [2.24, 2.45) is 20.0 Å².